The Morgan fingerprint density at radius 2 is 2.18 bits per heavy atom. The van der Waals surface area contributed by atoms with E-state index in [4.69, 9.17) is 17.3 Å². The zero-order valence-electron chi connectivity index (χ0n) is 9.01. The van der Waals surface area contributed by atoms with Gasteiger partial charge < -0.3 is 5.73 Å². The maximum Gasteiger partial charge on any atom is 0.180 e. The van der Waals surface area contributed by atoms with E-state index in [-0.39, 0.29) is 0 Å². The van der Waals surface area contributed by atoms with E-state index in [2.05, 4.69) is 9.97 Å². The van der Waals surface area contributed by atoms with Crippen molar-refractivity contribution >= 4 is 33.7 Å². The van der Waals surface area contributed by atoms with Gasteiger partial charge in [-0.15, -0.1) is 11.3 Å². The first-order chi connectivity index (χ1) is 8.16. The molecule has 0 aliphatic carbocycles. The molecule has 86 valence electrons. The van der Waals surface area contributed by atoms with Crippen LogP contribution in [0, 0.1) is 6.92 Å². The third-order valence-corrected chi connectivity index (χ3v) is 3.50. The highest BCUT2D eigenvalue weighted by Gasteiger charge is 2.15. The lowest BCUT2D eigenvalue weighted by Crippen LogP contribution is -1.92. The number of rotatable bonds is 1. The van der Waals surface area contributed by atoms with Gasteiger partial charge in [-0.1, -0.05) is 17.7 Å². The molecule has 0 aliphatic heterocycles. The standard InChI is InChI=1S/C11H9ClN4S/c1-6-10(7-5-17-11(13)15-7)16-8(12)3-2-4-9(16)14-6/h2-5H,1H3,(H2,13,15). The normalized spacial score (nSPS) is 11.2. The number of nitrogens with zero attached hydrogens (tertiary/aromatic N) is 3. The molecule has 0 aromatic carbocycles. The maximum absolute atomic E-state index is 6.20. The second kappa shape index (κ2) is 3.72. The van der Waals surface area contributed by atoms with E-state index in [1.54, 1.807) is 0 Å². The predicted molar refractivity (Wildman–Crippen MR) is 70.5 cm³/mol. The Hall–Kier alpha value is -1.59. The number of fused-ring (bicyclic) bond motifs is 1. The number of pyridine rings is 1. The summed E-state index contributed by atoms with van der Waals surface area (Å²) >= 11 is 7.61. The van der Waals surface area contributed by atoms with Gasteiger partial charge >= 0.3 is 0 Å². The van der Waals surface area contributed by atoms with Crippen LogP contribution in [0.1, 0.15) is 5.69 Å². The minimum atomic E-state index is 0.543. The van der Waals surface area contributed by atoms with Crippen LogP contribution in [0.15, 0.2) is 23.6 Å². The molecule has 0 bridgehead atoms. The number of nitrogens with two attached hydrogens (primary N) is 1. The van der Waals surface area contributed by atoms with Gasteiger partial charge in [-0.25, -0.2) is 9.97 Å². The summed E-state index contributed by atoms with van der Waals surface area (Å²) < 4.78 is 1.88. The van der Waals surface area contributed by atoms with Crippen molar-refractivity contribution in [3.8, 4) is 11.4 Å². The van der Waals surface area contributed by atoms with E-state index in [9.17, 15) is 0 Å². The van der Waals surface area contributed by atoms with Crippen LogP contribution in [0.2, 0.25) is 5.15 Å². The van der Waals surface area contributed by atoms with Crippen LogP contribution < -0.4 is 5.73 Å². The van der Waals surface area contributed by atoms with Gasteiger partial charge in [0.2, 0.25) is 0 Å². The molecule has 3 aromatic rings. The number of nitrogen functional groups attached to an aromatic ring is 1. The molecule has 0 saturated carbocycles. The number of halogens is 1. The molecule has 3 heterocycles. The second-order valence-corrected chi connectivity index (χ2v) is 4.94. The number of aromatic nitrogens is 3. The molecule has 0 saturated heterocycles. The molecule has 0 radical (unpaired) electrons. The fraction of sp³-hybridized carbons (Fsp3) is 0.0909. The van der Waals surface area contributed by atoms with Gasteiger partial charge in [0.1, 0.15) is 16.5 Å². The third kappa shape index (κ3) is 1.59. The van der Waals surface area contributed by atoms with Crippen LogP contribution in [0.3, 0.4) is 0 Å². The zero-order valence-corrected chi connectivity index (χ0v) is 10.6. The van der Waals surface area contributed by atoms with Crippen molar-refractivity contribution in [1.82, 2.24) is 14.4 Å². The van der Waals surface area contributed by atoms with E-state index in [0.717, 1.165) is 22.7 Å². The van der Waals surface area contributed by atoms with Gasteiger partial charge in [0.25, 0.3) is 0 Å². The predicted octanol–water partition coefficient (Wildman–Crippen LogP) is 3.00. The Morgan fingerprint density at radius 1 is 1.35 bits per heavy atom. The topological polar surface area (TPSA) is 56.2 Å². The zero-order chi connectivity index (χ0) is 12.0. The van der Waals surface area contributed by atoms with E-state index >= 15 is 0 Å². The molecule has 0 unspecified atom stereocenters. The summed E-state index contributed by atoms with van der Waals surface area (Å²) in [5.74, 6) is 0. The maximum atomic E-state index is 6.20. The Balaban J connectivity index is 2.39. The van der Waals surface area contributed by atoms with E-state index in [1.807, 2.05) is 34.9 Å². The molecule has 0 spiro atoms. The molecular weight excluding hydrogens is 256 g/mol. The summed E-state index contributed by atoms with van der Waals surface area (Å²) in [5.41, 5.74) is 9.08. The van der Waals surface area contributed by atoms with Gasteiger partial charge in [-0.2, -0.15) is 0 Å². The molecular formula is C11H9ClN4S. The molecule has 0 amide bonds. The average Bonchev–Trinajstić information content (AvgIpc) is 2.82. The lowest BCUT2D eigenvalue weighted by Gasteiger charge is -2.01. The molecule has 0 atom stereocenters. The monoisotopic (exact) mass is 264 g/mol. The SMILES string of the molecule is Cc1nc2cccc(Cl)n2c1-c1csc(N)n1. The van der Waals surface area contributed by atoms with Crippen molar-refractivity contribution in [2.24, 2.45) is 0 Å². The Kier molecular flexibility index (Phi) is 2.31. The highest BCUT2D eigenvalue weighted by molar-refractivity contribution is 7.13. The van der Waals surface area contributed by atoms with Gasteiger partial charge in [-0.05, 0) is 19.1 Å². The Bertz CT molecular complexity index is 701. The van der Waals surface area contributed by atoms with Gasteiger partial charge in [-0.3, -0.25) is 4.40 Å². The first-order valence-electron chi connectivity index (χ1n) is 5.02. The summed E-state index contributed by atoms with van der Waals surface area (Å²) in [5, 5.41) is 3.07. The van der Waals surface area contributed by atoms with E-state index in [1.165, 1.54) is 11.3 Å². The number of imidazole rings is 1. The largest absolute Gasteiger partial charge is 0.375 e. The second-order valence-electron chi connectivity index (χ2n) is 3.66. The van der Waals surface area contributed by atoms with Crippen molar-refractivity contribution in [3.63, 3.8) is 0 Å². The summed E-state index contributed by atoms with van der Waals surface area (Å²) in [6.07, 6.45) is 0. The van der Waals surface area contributed by atoms with E-state index in [0.29, 0.717) is 10.3 Å². The molecule has 4 nitrogen and oxygen atoms in total. The average molecular weight is 265 g/mol. The summed E-state index contributed by atoms with van der Waals surface area (Å²) in [4.78, 5) is 8.74. The van der Waals surface area contributed by atoms with Crippen molar-refractivity contribution in [1.29, 1.82) is 0 Å². The highest BCUT2D eigenvalue weighted by atomic mass is 35.5. The van der Waals surface area contributed by atoms with Crippen LogP contribution in [0.25, 0.3) is 17.0 Å². The third-order valence-electron chi connectivity index (χ3n) is 2.53. The fourth-order valence-corrected chi connectivity index (χ4v) is 2.66. The number of thiazole rings is 1. The van der Waals surface area contributed by atoms with Crippen LogP contribution >= 0.6 is 22.9 Å². The Morgan fingerprint density at radius 3 is 2.88 bits per heavy atom. The molecule has 3 aromatic heterocycles. The first kappa shape index (κ1) is 10.6. The molecule has 2 N–H and O–H groups in total. The number of anilines is 1. The van der Waals surface area contributed by atoms with Gasteiger partial charge in [0.15, 0.2) is 5.13 Å². The minimum absolute atomic E-state index is 0.543. The fourth-order valence-electron chi connectivity index (χ4n) is 1.86. The molecule has 3 rings (SSSR count). The van der Waals surface area contributed by atoms with Crippen molar-refractivity contribution in [3.05, 3.63) is 34.4 Å². The number of hydrogen-bond acceptors (Lipinski definition) is 4. The molecule has 6 heteroatoms. The minimum Gasteiger partial charge on any atom is -0.375 e. The van der Waals surface area contributed by atoms with Gasteiger partial charge in [0, 0.05) is 5.38 Å². The lowest BCUT2D eigenvalue weighted by molar-refractivity contribution is 1.17. The first-order valence-corrected chi connectivity index (χ1v) is 6.27. The number of hydrogen-bond donors (Lipinski definition) is 1. The molecule has 0 fully saturated rings. The smallest absolute Gasteiger partial charge is 0.180 e. The molecule has 0 aliphatic rings. The summed E-state index contributed by atoms with van der Waals surface area (Å²) in [6.45, 7) is 1.94. The quantitative estimate of drug-likeness (QED) is 0.688. The van der Waals surface area contributed by atoms with Gasteiger partial charge in [0.05, 0.1) is 11.4 Å². The van der Waals surface area contributed by atoms with E-state index < -0.39 is 0 Å². The number of aryl methyl sites for hydroxylation is 1. The van der Waals surface area contributed by atoms with Crippen LogP contribution in [0.4, 0.5) is 5.13 Å². The van der Waals surface area contributed by atoms with Crippen LogP contribution in [0.5, 0.6) is 0 Å². The summed E-state index contributed by atoms with van der Waals surface area (Å²) in [6, 6.07) is 5.62. The highest BCUT2D eigenvalue weighted by Crippen LogP contribution is 2.29. The van der Waals surface area contributed by atoms with Crippen LogP contribution in [-0.2, 0) is 0 Å². The lowest BCUT2D eigenvalue weighted by atomic mass is 10.3. The van der Waals surface area contributed by atoms with Crippen molar-refractivity contribution in [2.75, 3.05) is 5.73 Å². The summed E-state index contributed by atoms with van der Waals surface area (Å²) in [7, 11) is 0. The van der Waals surface area contributed by atoms with Crippen molar-refractivity contribution < 1.29 is 0 Å². The Labute approximate surface area is 107 Å². The van der Waals surface area contributed by atoms with Crippen molar-refractivity contribution in [2.45, 2.75) is 6.92 Å². The molecule has 17 heavy (non-hydrogen) atoms. The van der Waals surface area contributed by atoms with Crippen LogP contribution in [-0.4, -0.2) is 14.4 Å².